The number of aliphatic imine (C=N–C) groups is 1. The highest BCUT2D eigenvalue weighted by atomic mass is 14.8. The Kier molecular flexibility index (Phi) is 6.00. The zero-order chi connectivity index (χ0) is 25.2. The molecule has 0 fully saturated rings. The molecule has 0 saturated carbocycles. The van der Waals surface area contributed by atoms with Crippen LogP contribution in [-0.2, 0) is 0 Å². The summed E-state index contributed by atoms with van der Waals surface area (Å²) >= 11 is 0. The van der Waals surface area contributed by atoms with Crippen molar-refractivity contribution in [1.82, 2.24) is 4.98 Å². The molecule has 2 heterocycles. The molecule has 5 aromatic rings. The SMILES string of the molecule is Cc1ccc(C2=CC(c3ccccc3)=N/C2=C\c2[nH]c(-c3ccccc3)cc2-c2ccc(C)cc2)cc1. The van der Waals surface area contributed by atoms with Gasteiger partial charge in [-0.05, 0) is 48.8 Å². The number of nitrogens with zero attached hydrogens (tertiary/aromatic N) is 1. The van der Waals surface area contributed by atoms with Gasteiger partial charge in [-0.25, -0.2) is 4.99 Å². The Balaban J connectivity index is 1.52. The molecule has 178 valence electrons. The summed E-state index contributed by atoms with van der Waals surface area (Å²) in [5.41, 5.74) is 13.5. The Labute approximate surface area is 218 Å². The zero-order valence-electron chi connectivity index (χ0n) is 21.1. The molecule has 0 bridgehead atoms. The fourth-order valence-corrected chi connectivity index (χ4v) is 4.73. The maximum Gasteiger partial charge on any atom is 0.0737 e. The van der Waals surface area contributed by atoms with E-state index < -0.39 is 0 Å². The van der Waals surface area contributed by atoms with Crippen LogP contribution in [0.4, 0.5) is 0 Å². The summed E-state index contributed by atoms with van der Waals surface area (Å²) in [6, 6.07) is 40.5. The van der Waals surface area contributed by atoms with Crippen molar-refractivity contribution in [1.29, 1.82) is 0 Å². The Bertz CT molecular complexity index is 1630. The standard InChI is InChI=1S/C35H28N2/c1-24-13-17-26(18-14-24)30-21-32(28-9-5-3-6-10-28)36-34(30)23-35-31(27-19-15-25(2)16-20-27)22-33(37-35)29-11-7-4-8-12-29/h3-23,36H,1-2H3/b35-23-. The van der Waals surface area contributed by atoms with Gasteiger partial charge in [0.2, 0.25) is 0 Å². The maximum atomic E-state index is 5.13. The average Bonchev–Trinajstić information content (AvgIpc) is 3.56. The maximum absolute atomic E-state index is 5.13. The van der Waals surface area contributed by atoms with Gasteiger partial charge in [0.25, 0.3) is 0 Å². The molecule has 1 N–H and O–H groups in total. The van der Waals surface area contributed by atoms with Crippen LogP contribution < -0.4 is 0 Å². The van der Waals surface area contributed by atoms with Gasteiger partial charge in [0, 0.05) is 28.1 Å². The Morgan fingerprint density at radius 3 is 1.78 bits per heavy atom. The lowest BCUT2D eigenvalue weighted by atomic mass is 9.99. The van der Waals surface area contributed by atoms with Gasteiger partial charge in [0.1, 0.15) is 0 Å². The van der Waals surface area contributed by atoms with E-state index in [1.54, 1.807) is 0 Å². The number of hydrogen-bond acceptors (Lipinski definition) is 1. The van der Waals surface area contributed by atoms with Crippen molar-refractivity contribution in [2.75, 3.05) is 0 Å². The molecule has 0 radical (unpaired) electrons. The molecule has 1 aliphatic rings. The van der Waals surface area contributed by atoms with Gasteiger partial charge in [0.05, 0.1) is 11.4 Å². The average molecular weight is 477 g/mol. The molecule has 0 atom stereocenters. The number of aryl methyl sites for hydroxylation is 2. The molecule has 2 nitrogen and oxygen atoms in total. The lowest BCUT2D eigenvalue weighted by Crippen LogP contribution is -1.92. The highest BCUT2D eigenvalue weighted by molar-refractivity contribution is 6.18. The van der Waals surface area contributed by atoms with Crippen LogP contribution >= 0.6 is 0 Å². The van der Waals surface area contributed by atoms with Crippen molar-refractivity contribution in [3.63, 3.8) is 0 Å². The Morgan fingerprint density at radius 1 is 0.595 bits per heavy atom. The molecule has 6 rings (SSSR count). The minimum Gasteiger partial charge on any atom is -0.354 e. The number of aromatic nitrogens is 1. The summed E-state index contributed by atoms with van der Waals surface area (Å²) in [4.78, 5) is 8.83. The summed E-state index contributed by atoms with van der Waals surface area (Å²) in [5.74, 6) is 0. The van der Waals surface area contributed by atoms with Gasteiger partial charge in [-0.1, -0.05) is 120 Å². The molecule has 0 amide bonds. The summed E-state index contributed by atoms with van der Waals surface area (Å²) in [6.45, 7) is 4.24. The van der Waals surface area contributed by atoms with Crippen LogP contribution in [0.3, 0.4) is 0 Å². The predicted octanol–water partition coefficient (Wildman–Crippen LogP) is 8.89. The van der Waals surface area contributed by atoms with Crippen LogP contribution in [0.25, 0.3) is 34.0 Å². The Morgan fingerprint density at radius 2 is 1.16 bits per heavy atom. The first-order valence-corrected chi connectivity index (χ1v) is 12.6. The van der Waals surface area contributed by atoms with Gasteiger partial charge in [-0.3, -0.25) is 0 Å². The van der Waals surface area contributed by atoms with Crippen LogP contribution in [0.5, 0.6) is 0 Å². The van der Waals surface area contributed by atoms with Gasteiger partial charge in [0.15, 0.2) is 0 Å². The van der Waals surface area contributed by atoms with Crippen molar-refractivity contribution in [3.8, 4) is 22.4 Å². The molecule has 4 aromatic carbocycles. The van der Waals surface area contributed by atoms with Gasteiger partial charge in [-0.15, -0.1) is 0 Å². The topological polar surface area (TPSA) is 28.1 Å². The first-order chi connectivity index (χ1) is 18.1. The molecular weight excluding hydrogens is 448 g/mol. The summed E-state index contributed by atoms with van der Waals surface area (Å²) in [5, 5.41) is 0. The van der Waals surface area contributed by atoms with E-state index >= 15 is 0 Å². The normalized spacial score (nSPS) is 14.1. The molecule has 1 aromatic heterocycles. The van der Waals surface area contributed by atoms with Crippen LogP contribution in [0.2, 0.25) is 0 Å². The first kappa shape index (κ1) is 22.8. The van der Waals surface area contributed by atoms with Crippen molar-refractivity contribution in [2.45, 2.75) is 13.8 Å². The van der Waals surface area contributed by atoms with Crippen LogP contribution in [0.15, 0.2) is 132 Å². The molecule has 2 heteroatoms. The second-order valence-corrected chi connectivity index (χ2v) is 9.56. The highest BCUT2D eigenvalue weighted by Gasteiger charge is 2.19. The molecule has 0 spiro atoms. The minimum absolute atomic E-state index is 0.956. The summed E-state index contributed by atoms with van der Waals surface area (Å²) in [6.07, 6.45) is 4.40. The quantitative estimate of drug-likeness (QED) is 0.262. The third-order valence-corrected chi connectivity index (χ3v) is 6.81. The number of aromatic amines is 1. The van der Waals surface area contributed by atoms with E-state index in [9.17, 15) is 0 Å². The molecule has 37 heavy (non-hydrogen) atoms. The number of allylic oxidation sites excluding steroid dienone is 2. The van der Waals surface area contributed by atoms with E-state index in [4.69, 9.17) is 4.99 Å². The number of hydrogen-bond donors (Lipinski definition) is 1. The van der Waals surface area contributed by atoms with Crippen LogP contribution in [0.1, 0.15) is 27.9 Å². The molecule has 0 aliphatic carbocycles. The van der Waals surface area contributed by atoms with Crippen molar-refractivity contribution in [3.05, 3.63) is 155 Å². The van der Waals surface area contributed by atoms with E-state index in [2.05, 4.69) is 134 Å². The lowest BCUT2D eigenvalue weighted by molar-refractivity contribution is 1.35. The van der Waals surface area contributed by atoms with E-state index in [0.29, 0.717) is 0 Å². The lowest BCUT2D eigenvalue weighted by Gasteiger charge is -2.06. The van der Waals surface area contributed by atoms with E-state index in [-0.39, 0.29) is 0 Å². The summed E-state index contributed by atoms with van der Waals surface area (Å²) < 4.78 is 0. The fourth-order valence-electron chi connectivity index (χ4n) is 4.73. The highest BCUT2D eigenvalue weighted by Crippen LogP contribution is 2.36. The van der Waals surface area contributed by atoms with Crippen LogP contribution in [0, 0.1) is 13.8 Å². The number of rotatable bonds is 5. The second-order valence-electron chi connectivity index (χ2n) is 9.56. The van der Waals surface area contributed by atoms with Crippen molar-refractivity contribution >= 4 is 17.4 Å². The van der Waals surface area contributed by atoms with E-state index in [1.165, 1.54) is 22.3 Å². The van der Waals surface area contributed by atoms with Crippen molar-refractivity contribution < 1.29 is 0 Å². The molecular formula is C35H28N2. The van der Waals surface area contributed by atoms with Crippen LogP contribution in [-0.4, -0.2) is 10.7 Å². The smallest absolute Gasteiger partial charge is 0.0737 e. The minimum atomic E-state index is 0.956. The number of H-pyrrole nitrogens is 1. The van der Waals surface area contributed by atoms with Gasteiger partial charge < -0.3 is 4.98 Å². The first-order valence-electron chi connectivity index (χ1n) is 12.6. The van der Waals surface area contributed by atoms with E-state index in [0.717, 1.165) is 45.1 Å². The number of nitrogens with one attached hydrogen (secondary N) is 1. The largest absolute Gasteiger partial charge is 0.354 e. The van der Waals surface area contributed by atoms with Gasteiger partial charge >= 0.3 is 0 Å². The monoisotopic (exact) mass is 476 g/mol. The van der Waals surface area contributed by atoms with Crippen molar-refractivity contribution in [2.24, 2.45) is 4.99 Å². The molecule has 0 unspecified atom stereocenters. The molecule has 0 saturated heterocycles. The predicted molar refractivity (Wildman–Crippen MR) is 157 cm³/mol. The Hall–Kier alpha value is -4.69. The third-order valence-electron chi connectivity index (χ3n) is 6.81. The summed E-state index contributed by atoms with van der Waals surface area (Å²) in [7, 11) is 0. The third kappa shape index (κ3) is 4.74. The fraction of sp³-hybridized carbons (Fsp3) is 0.0571. The van der Waals surface area contributed by atoms with Gasteiger partial charge in [-0.2, -0.15) is 0 Å². The van der Waals surface area contributed by atoms with E-state index in [1.807, 2.05) is 12.1 Å². The second kappa shape index (κ2) is 9.75. The zero-order valence-corrected chi connectivity index (χ0v) is 21.1. The number of benzene rings is 4. The molecule has 1 aliphatic heterocycles.